The van der Waals surface area contributed by atoms with Gasteiger partial charge in [-0.25, -0.2) is 0 Å². The van der Waals surface area contributed by atoms with Crippen LogP contribution in [0.5, 0.6) is 0 Å². The molecule has 0 aromatic heterocycles. The average molecular weight is 430 g/mol. The normalized spacial score (nSPS) is 14.8. The lowest BCUT2D eigenvalue weighted by Gasteiger charge is -2.26. The monoisotopic (exact) mass is 429 g/mol. The van der Waals surface area contributed by atoms with Gasteiger partial charge in [0.2, 0.25) is 0 Å². The van der Waals surface area contributed by atoms with Crippen LogP contribution in [0, 0.1) is 5.92 Å². The van der Waals surface area contributed by atoms with E-state index in [0.717, 1.165) is 12.1 Å². The highest BCUT2D eigenvalue weighted by atomic mass is 35.5. The zero-order valence-corrected chi connectivity index (χ0v) is 18.4. The lowest BCUT2D eigenvalue weighted by molar-refractivity contribution is 0.209. The second-order valence-electron chi connectivity index (χ2n) is 7.06. The average Bonchev–Trinajstić information content (AvgIpc) is 2.60. The van der Waals surface area contributed by atoms with E-state index in [1.807, 2.05) is 31.1 Å². The van der Waals surface area contributed by atoms with Crippen molar-refractivity contribution in [2.24, 2.45) is 5.92 Å². The van der Waals surface area contributed by atoms with E-state index in [4.69, 9.17) is 27.7 Å². The fourth-order valence-electron chi connectivity index (χ4n) is 2.56. The van der Waals surface area contributed by atoms with Crippen LogP contribution in [0.25, 0.3) is 0 Å². The molecule has 27 heavy (non-hydrogen) atoms. The Hall–Kier alpha value is -1.03. The highest BCUT2D eigenvalue weighted by Gasteiger charge is 2.37. The smallest absolute Gasteiger partial charge is 0.264 e. The molecule has 0 aliphatic rings. The minimum absolute atomic E-state index is 0.257. The molecule has 0 saturated carbocycles. The molecule has 0 aliphatic carbocycles. The minimum atomic E-state index is -3.62. The summed E-state index contributed by atoms with van der Waals surface area (Å²) in [6.07, 6.45) is 0.737. The van der Waals surface area contributed by atoms with Gasteiger partial charge in [0.05, 0.1) is 6.61 Å². The van der Waals surface area contributed by atoms with Crippen LogP contribution in [-0.2, 0) is 9.09 Å². The van der Waals surface area contributed by atoms with Gasteiger partial charge in [0.25, 0.3) is 7.37 Å². The number of aliphatic hydroxyl groups is 1. The van der Waals surface area contributed by atoms with Crippen LogP contribution < -0.4 is 10.2 Å². The second-order valence-corrected chi connectivity index (χ2v) is 10.4. The molecule has 0 fully saturated rings. The number of nitrogens with zero attached hydrogens (tertiary/aromatic N) is 1. The fourth-order valence-corrected chi connectivity index (χ4v) is 5.26. The first kappa shape index (κ1) is 22.3. The van der Waals surface area contributed by atoms with E-state index in [0.29, 0.717) is 21.8 Å². The summed E-state index contributed by atoms with van der Waals surface area (Å²) in [5, 5.41) is 12.1. The molecule has 7 heteroatoms. The quantitative estimate of drug-likeness (QED) is 0.545. The van der Waals surface area contributed by atoms with Crippen LogP contribution in [0.4, 0.5) is 5.69 Å². The molecule has 0 radical (unpaired) electrons. The van der Waals surface area contributed by atoms with E-state index in [9.17, 15) is 9.67 Å². The van der Waals surface area contributed by atoms with Crippen molar-refractivity contribution in [2.75, 3.05) is 25.6 Å². The maximum absolute atomic E-state index is 13.8. The summed E-state index contributed by atoms with van der Waals surface area (Å²) >= 11 is 12.2. The van der Waals surface area contributed by atoms with E-state index < -0.39 is 13.2 Å². The van der Waals surface area contributed by atoms with Gasteiger partial charge < -0.3 is 14.5 Å². The summed E-state index contributed by atoms with van der Waals surface area (Å²) in [7, 11) is 0.230. The topological polar surface area (TPSA) is 49.8 Å². The van der Waals surface area contributed by atoms with E-state index >= 15 is 0 Å². The Kier molecular flexibility index (Phi) is 7.79. The molecule has 0 unspecified atom stereocenters. The Morgan fingerprint density at radius 3 is 2.26 bits per heavy atom. The third kappa shape index (κ3) is 5.49. The van der Waals surface area contributed by atoms with Gasteiger partial charge in [0.1, 0.15) is 0 Å². The zero-order valence-electron chi connectivity index (χ0n) is 16.0. The first-order valence-electron chi connectivity index (χ1n) is 8.80. The molecule has 0 aliphatic heterocycles. The van der Waals surface area contributed by atoms with E-state index in [1.165, 1.54) is 6.07 Å². The largest absolute Gasteiger partial charge is 0.378 e. The number of halogens is 2. The van der Waals surface area contributed by atoms with E-state index in [-0.39, 0.29) is 11.6 Å². The Labute approximate surface area is 171 Å². The fraction of sp³-hybridized carbons (Fsp3) is 0.400. The van der Waals surface area contributed by atoms with Crippen molar-refractivity contribution in [2.45, 2.75) is 26.1 Å². The van der Waals surface area contributed by atoms with Crippen LogP contribution in [-0.4, -0.2) is 25.8 Å². The third-order valence-electron chi connectivity index (χ3n) is 4.27. The molecule has 2 aromatic rings. The van der Waals surface area contributed by atoms with Gasteiger partial charge in [0, 0.05) is 40.7 Å². The standard InChI is InChI=1S/C20H26Cl2NO3P/c1-14(2)11-12-26-27(25,17-8-6-16(7-9-17)23(3)4)20(24)18-10-5-15(21)13-19(18)22/h5-10,13-14,20,24H,11-12H2,1-4H3/t20-,27+/m0/s1. The maximum Gasteiger partial charge on any atom is 0.264 e. The number of rotatable bonds is 8. The summed E-state index contributed by atoms with van der Waals surface area (Å²) in [6.45, 7) is 4.41. The molecule has 148 valence electrons. The summed E-state index contributed by atoms with van der Waals surface area (Å²) in [4.78, 5) is 1.95. The first-order valence-corrected chi connectivity index (χ1v) is 11.3. The van der Waals surface area contributed by atoms with E-state index in [2.05, 4.69) is 13.8 Å². The minimum Gasteiger partial charge on any atom is -0.378 e. The molecule has 0 bridgehead atoms. The van der Waals surface area contributed by atoms with Crippen LogP contribution in [0.1, 0.15) is 31.7 Å². The van der Waals surface area contributed by atoms with Gasteiger partial charge in [-0.15, -0.1) is 0 Å². The molecule has 2 aromatic carbocycles. The van der Waals surface area contributed by atoms with Crippen molar-refractivity contribution in [3.05, 3.63) is 58.1 Å². The second kappa shape index (κ2) is 9.45. The molecule has 2 atom stereocenters. The molecule has 2 rings (SSSR count). The molecular weight excluding hydrogens is 404 g/mol. The Balaban J connectivity index is 2.43. The lowest BCUT2D eigenvalue weighted by Crippen LogP contribution is -2.17. The molecule has 1 N–H and O–H groups in total. The molecule has 0 spiro atoms. The van der Waals surface area contributed by atoms with Gasteiger partial charge in [-0.2, -0.15) is 0 Å². The number of aliphatic hydroxyl groups excluding tert-OH is 1. The molecule has 0 amide bonds. The summed E-state index contributed by atoms with van der Waals surface area (Å²) in [5.74, 6) is -0.981. The van der Waals surface area contributed by atoms with Gasteiger partial charge in [0.15, 0.2) is 5.85 Å². The van der Waals surface area contributed by atoms with Crippen molar-refractivity contribution in [3.8, 4) is 0 Å². The molecule has 0 heterocycles. The highest BCUT2D eigenvalue weighted by molar-refractivity contribution is 7.67. The number of hydrogen-bond donors (Lipinski definition) is 1. The van der Waals surface area contributed by atoms with Crippen molar-refractivity contribution in [3.63, 3.8) is 0 Å². The van der Waals surface area contributed by atoms with Gasteiger partial charge in [-0.05, 0) is 48.7 Å². The van der Waals surface area contributed by atoms with Crippen LogP contribution in [0.15, 0.2) is 42.5 Å². The maximum atomic E-state index is 13.8. The Morgan fingerprint density at radius 1 is 1.11 bits per heavy atom. The first-order chi connectivity index (χ1) is 12.6. The van der Waals surface area contributed by atoms with Crippen molar-refractivity contribution < 1.29 is 14.2 Å². The van der Waals surface area contributed by atoms with Gasteiger partial charge in [-0.1, -0.05) is 43.1 Å². The molecule has 4 nitrogen and oxygen atoms in total. The van der Waals surface area contributed by atoms with E-state index in [1.54, 1.807) is 24.3 Å². The number of anilines is 1. The van der Waals surface area contributed by atoms with Crippen LogP contribution in [0.3, 0.4) is 0 Å². The van der Waals surface area contributed by atoms with Crippen LogP contribution >= 0.6 is 30.6 Å². The SMILES string of the molecule is CC(C)CCO[P@](=O)(c1ccc(N(C)C)cc1)[C@H](O)c1ccc(Cl)cc1Cl. The zero-order chi connectivity index (χ0) is 20.2. The number of hydrogen-bond acceptors (Lipinski definition) is 4. The van der Waals surface area contributed by atoms with Crippen molar-refractivity contribution in [1.29, 1.82) is 0 Å². The van der Waals surface area contributed by atoms with Crippen molar-refractivity contribution >= 4 is 41.6 Å². The predicted octanol–water partition coefficient (Wildman–Crippen LogP) is 5.72. The summed E-state index contributed by atoms with van der Waals surface area (Å²) in [6, 6.07) is 11.9. The van der Waals surface area contributed by atoms with Gasteiger partial charge in [-0.3, -0.25) is 4.57 Å². The van der Waals surface area contributed by atoms with Crippen LogP contribution in [0.2, 0.25) is 10.0 Å². The Bertz CT molecular complexity index is 809. The molecular formula is C20H26Cl2NO3P. The van der Waals surface area contributed by atoms with Crippen molar-refractivity contribution in [1.82, 2.24) is 0 Å². The third-order valence-corrected chi connectivity index (χ3v) is 7.34. The number of benzene rings is 2. The summed E-state index contributed by atoms with van der Waals surface area (Å²) in [5.41, 5.74) is 1.30. The Morgan fingerprint density at radius 2 is 1.74 bits per heavy atom. The lowest BCUT2D eigenvalue weighted by atomic mass is 10.2. The molecule has 0 saturated heterocycles. The predicted molar refractivity (Wildman–Crippen MR) is 115 cm³/mol. The van der Waals surface area contributed by atoms with Gasteiger partial charge >= 0.3 is 0 Å². The highest BCUT2D eigenvalue weighted by Crippen LogP contribution is 2.59. The summed E-state index contributed by atoms with van der Waals surface area (Å²) < 4.78 is 19.7.